The molecule has 0 aliphatic carbocycles. The van der Waals surface area contributed by atoms with E-state index in [1.54, 1.807) is 18.3 Å². The van der Waals surface area contributed by atoms with Crippen LogP contribution in [0.25, 0.3) is 0 Å². The zero-order valence-electron chi connectivity index (χ0n) is 12.9. The van der Waals surface area contributed by atoms with E-state index in [2.05, 4.69) is 42.6 Å². The second-order valence-electron chi connectivity index (χ2n) is 5.13. The lowest BCUT2D eigenvalue weighted by Gasteiger charge is -2.11. The normalized spacial score (nSPS) is 10.0. The van der Waals surface area contributed by atoms with Crippen LogP contribution in [-0.2, 0) is 0 Å². The maximum Gasteiger partial charge on any atom is 0.229 e. The van der Waals surface area contributed by atoms with Gasteiger partial charge in [-0.25, -0.2) is 4.98 Å². The van der Waals surface area contributed by atoms with Crippen molar-refractivity contribution < 1.29 is 0 Å². The molecule has 0 bridgehead atoms. The number of aryl methyl sites for hydroxylation is 1. The van der Waals surface area contributed by atoms with Crippen molar-refractivity contribution in [2.24, 2.45) is 0 Å². The van der Waals surface area contributed by atoms with Gasteiger partial charge in [0.2, 0.25) is 5.95 Å². The van der Waals surface area contributed by atoms with E-state index in [0.717, 1.165) is 15.7 Å². The Morgan fingerprint density at radius 1 is 1.04 bits per heavy atom. The first kappa shape index (κ1) is 16.0. The van der Waals surface area contributed by atoms with Crippen LogP contribution in [-0.4, -0.2) is 9.97 Å². The first-order valence-electron chi connectivity index (χ1n) is 7.28. The van der Waals surface area contributed by atoms with Crippen LogP contribution in [0, 0.1) is 18.3 Å². The minimum Gasteiger partial charge on any atom is -0.340 e. The largest absolute Gasteiger partial charge is 0.340 e. The summed E-state index contributed by atoms with van der Waals surface area (Å²) in [7, 11) is 0. The molecule has 3 rings (SSSR count). The van der Waals surface area contributed by atoms with Crippen molar-refractivity contribution in [2.75, 3.05) is 10.6 Å². The summed E-state index contributed by atoms with van der Waals surface area (Å²) in [5, 5.41) is 15.5. The van der Waals surface area contributed by atoms with Crippen LogP contribution in [0.5, 0.6) is 0 Å². The molecule has 6 heteroatoms. The van der Waals surface area contributed by atoms with Crippen LogP contribution in [0.2, 0.25) is 0 Å². The number of nitriles is 1. The van der Waals surface area contributed by atoms with Crippen LogP contribution in [0.1, 0.15) is 11.1 Å². The van der Waals surface area contributed by atoms with Gasteiger partial charge >= 0.3 is 0 Å². The Hall–Kier alpha value is -2.91. The van der Waals surface area contributed by atoms with Gasteiger partial charge in [-0.05, 0) is 48.9 Å². The molecule has 1 heterocycles. The molecule has 0 saturated heterocycles. The fourth-order valence-corrected chi connectivity index (χ4v) is 2.68. The molecule has 24 heavy (non-hydrogen) atoms. The zero-order chi connectivity index (χ0) is 16.9. The number of nitrogens with one attached hydrogen (secondary N) is 2. The van der Waals surface area contributed by atoms with Gasteiger partial charge in [-0.3, -0.25) is 0 Å². The lowest BCUT2D eigenvalue weighted by Crippen LogP contribution is -2.02. The van der Waals surface area contributed by atoms with Crippen molar-refractivity contribution >= 4 is 39.1 Å². The van der Waals surface area contributed by atoms with E-state index < -0.39 is 0 Å². The second kappa shape index (κ2) is 7.11. The Labute approximate surface area is 148 Å². The lowest BCUT2D eigenvalue weighted by atomic mass is 10.2. The molecule has 0 spiro atoms. The van der Waals surface area contributed by atoms with Crippen LogP contribution < -0.4 is 10.6 Å². The van der Waals surface area contributed by atoms with Gasteiger partial charge in [0.1, 0.15) is 11.9 Å². The zero-order valence-corrected chi connectivity index (χ0v) is 14.5. The van der Waals surface area contributed by atoms with Gasteiger partial charge in [-0.2, -0.15) is 10.2 Å². The van der Waals surface area contributed by atoms with Crippen LogP contribution in [0.15, 0.2) is 59.2 Å². The fraction of sp³-hybridized carbons (Fsp3) is 0.0556. The maximum absolute atomic E-state index is 9.15. The molecular weight excluding hydrogens is 366 g/mol. The Balaban J connectivity index is 1.83. The Morgan fingerprint density at radius 3 is 2.67 bits per heavy atom. The van der Waals surface area contributed by atoms with E-state index in [-0.39, 0.29) is 0 Å². The second-order valence-corrected chi connectivity index (χ2v) is 6.05. The number of halogens is 1. The molecule has 5 nitrogen and oxygen atoms in total. The minimum absolute atomic E-state index is 0.428. The molecule has 0 radical (unpaired) electrons. The SMILES string of the molecule is Cc1cc(Br)ccc1Nc1ccnc(Nc2ccccc2C#N)n1. The summed E-state index contributed by atoms with van der Waals surface area (Å²) in [5.74, 6) is 1.10. The van der Waals surface area contributed by atoms with Crippen molar-refractivity contribution in [2.45, 2.75) is 6.92 Å². The summed E-state index contributed by atoms with van der Waals surface area (Å²) >= 11 is 3.45. The van der Waals surface area contributed by atoms with Gasteiger partial charge in [-0.1, -0.05) is 28.1 Å². The van der Waals surface area contributed by atoms with Crippen molar-refractivity contribution in [3.63, 3.8) is 0 Å². The number of benzene rings is 2. The Kier molecular flexibility index (Phi) is 4.73. The highest BCUT2D eigenvalue weighted by molar-refractivity contribution is 9.10. The minimum atomic E-state index is 0.428. The molecule has 118 valence electrons. The quantitative estimate of drug-likeness (QED) is 0.673. The molecule has 2 N–H and O–H groups in total. The third kappa shape index (κ3) is 3.70. The average molecular weight is 380 g/mol. The molecule has 1 aromatic heterocycles. The van der Waals surface area contributed by atoms with E-state index in [0.29, 0.717) is 23.0 Å². The van der Waals surface area contributed by atoms with Crippen molar-refractivity contribution in [1.29, 1.82) is 5.26 Å². The predicted molar refractivity (Wildman–Crippen MR) is 98.6 cm³/mol. The smallest absolute Gasteiger partial charge is 0.229 e. The highest BCUT2D eigenvalue weighted by Gasteiger charge is 2.05. The summed E-state index contributed by atoms with van der Waals surface area (Å²) in [5.41, 5.74) is 3.30. The van der Waals surface area contributed by atoms with E-state index in [4.69, 9.17) is 5.26 Å². The van der Waals surface area contributed by atoms with Crippen molar-refractivity contribution in [3.05, 3.63) is 70.3 Å². The molecule has 3 aromatic rings. The van der Waals surface area contributed by atoms with Gasteiger partial charge in [0, 0.05) is 16.4 Å². The first-order valence-corrected chi connectivity index (χ1v) is 8.07. The number of hydrogen-bond acceptors (Lipinski definition) is 5. The maximum atomic E-state index is 9.15. The summed E-state index contributed by atoms with van der Waals surface area (Å²) in [6.45, 7) is 2.02. The van der Waals surface area contributed by atoms with E-state index in [1.165, 1.54) is 0 Å². The summed E-state index contributed by atoms with van der Waals surface area (Å²) < 4.78 is 1.03. The highest BCUT2D eigenvalue weighted by atomic mass is 79.9. The van der Waals surface area contributed by atoms with E-state index >= 15 is 0 Å². The molecule has 0 aliphatic rings. The molecule has 0 fully saturated rings. The van der Waals surface area contributed by atoms with Gasteiger partial charge in [-0.15, -0.1) is 0 Å². The lowest BCUT2D eigenvalue weighted by molar-refractivity contribution is 1.16. The molecule has 2 aromatic carbocycles. The third-order valence-corrected chi connectivity index (χ3v) is 3.89. The number of hydrogen-bond donors (Lipinski definition) is 2. The molecular formula is C18H14BrN5. The number of anilines is 4. The standard InChI is InChI=1S/C18H14BrN5/c1-12-10-14(19)6-7-15(12)22-17-8-9-21-18(24-17)23-16-5-3-2-4-13(16)11-20/h2-10H,1H3,(H2,21,22,23,24). The Morgan fingerprint density at radius 2 is 1.88 bits per heavy atom. The predicted octanol–water partition coefficient (Wildman–Crippen LogP) is 4.91. The number of aromatic nitrogens is 2. The summed E-state index contributed by atoms with van der Waals surface area (Å²) in [6.07, 6.45) is 1.67. The summed E-state index contributed by atoms with van der Waals surface area (Å²) in [4.78, 5) is 8.66. The number of rotatable bonds is 4. The molecule has 0 atom stereocenters. The Bertz CT molecular complexity index is 917. The van der Waals surface area contributed by atoms with Gasteiger partial charge < -0.3 is 10.6 Å². The van der Waals surface area contributed by atoms with Gasteiger partial charge in [0.25, 0.3) is 0 Å². The first-order chi connectivity index (χ1) is 11.7. The topological polar surface area (TPSA) is 73.6 Å². The number of nitrogens with zero attached hydrogens (tertiary/aromatic N) is 3. The van der Waals surface area contributed by atoms with E-state index in [9.17, 15) is 0 Å². The van der Waals surface area contributed by atoms with Gasteiger partial charge in [0.05, 0.1) is 11.3 Å². The van der Waals surface area contributed by atoms with Gasteiger partial charge in [0.15, 0.2) is 0 Å². The van der Waals surface area contributed by atoms with Crippen LogP contribution >= 0.6 is 15.9 Å². The van der Waals surface area contributed by atoms with Crippen molar-refractivity contribution in [1.82, 2.24) is 9.97 Å². The molecule has 0 saturated carbocycles. The van der Waals surface area contributed by atoms with Crippen molar-refractivity contribution in [3.8, 4) is 6.07 Å². The highest BCUT2D eigenvalue weighted by Crippen LogP contribution is 2.24. The fourth-order valence-electron chi connectivity index (χ4n) is 2.20. The van der Waals surface area contributed by atoms with Crippen LogP contribution in [0.4, 0.5) is 23.1 Å². The monoisotopic (exact) mass is 379 g/mol. The molecule has 0 unspecified atom stereocenters. The number of para-hydroxylation sites is 1. The molecule has 0 aliphatic heterocycles. The third-order valence-electron chi connectivity index (χ3n) is 3.40. The van der Waals surface area contributed by atoms with E-state index in [1.807, 2.05) is 43.3 Å². The average Bonchev–Trinajstić information content (AvgIpc) is 2.58. The van der Waals surface area contributed by atoms with Crippen LogP contribution in [0.3, 0.4) is 0 Å². The molecule has 0 amide bonds. The summed E-state index contributed by atoms with van der Waals surface area (Å²) in [6, 6.07) is 17.2.